The lowest BCUT2D eigenvalue weighted by atomic mass is 9.93. The molecule has 1 aromatic rings. The molecule has 21 heavy (non-hydrogen) atoms. The van der Waals surface area contributed by atoms with Gasteiger partial charge in [-0.15, -0.1) is 0 Å². The maximum absolute atomic E-state index is 11.8. The predicted molar refractivity (Wildman–Crippen MR) is 81.2 cm³/mol. The normalized spacial score (nSPS) is 21.3. The molecule has 0 aromatic carbocycles. The summed E-state index contributed by atoms with van der Waals surface area (Å²) >= 11 is 0. The molecule has 0 bridgehead atoms. The van der Waals surface area contributed by atoms with E-state index in [-0.39, 0.29) is 12.1 Å². The van der Waals surface area contributed by atoms with E-state index in [0.29, 0.717) is 11.5 Å². The Kier molecular flexibility index (Phi) is 5.06. The summed E-state index contributed by atoms with van der Waals surface area (Å²) in [7, 11) is 3.39. The second kappa shape index (κ2) is 6.62. The number of carbonyl (C=O) groups is 1. The van der Waals surface area contributed by atoms with Gasteiger partial charge < -0.3 is 14.4 Å². The maximum atomic E-state index is 11.8. The molecule has 2 atom stereocenters. The molecule has 1 aromatic heterocycles. The maximum Gasteiger partial charge on any atom is 0.339 e. The molecule has 0 spiro atoms. The van der Waals surface area contributed by atoms with Crippen LogP contribution in [-0.2, 0) is 18.3 Å². The zero-order valence-electron chi connectivity index (χ0n) is 13.4. The van der Waals surface area contributed by atoms with Crippen LogP contribution in [0, 0.1) is 12.8 Å². The molecular formula is C16H26N2O3. The van der Waals surface area contributed by atoms with Crippen LogP contribution in [0.2, 0.25) is 0 Å². The van der Waals surface area contributed by atoms with E-state index in [2.05, 4.69) is 9.47 Å². The summed E-state index contributed by atoms with van der Waals surface area (Å²) in [5, 5.41) is 9.78. The van der Waals surface area contributed by atoms with Crippen molar-refractivity contribution in [2.75, 3.05) is 20.2 Å². The van der Waals surface area contributed by atoms with Crippen molar-refractivity contribution in [3.8, 4) is 0 Å². The Bertz CT molecular complexity index is 508. The fourth-order valence-electron chi connectivity index (χ4n) is 3.09. The molecule has 2 heterocycles. The predicted octanol–water partition coefficient (Wildman–Crippen LogP) is 1.71. The van der Waals surface area contributed by atoms with E-state index in [1.54, 1.807) is 0 Å². The summed E-state index contributed by atoms with van der Waals surface area (Å²) in [6.45, 7) is 6.56. The first-order valence-corrected chi connectivity index (χ1v) is 7.58. The third kappa shape index (κ3) is 3.47. The van der Waals surface area contributed by atoms with Crippen molar-refractivity contribution in [2.24, 2.45) is 13.0 Å². The van der Waals surface area contributed by atoms with Crippen LogP contribution in [0.1, 0.15) is 41.5 Å². The van der Waals surface area contributed by atoms with Gasteiger partial charge in [0.2, 0.25) is 0 Å². The molecule has 2 rings (SSSR count). The minimum atomic E-state index is -0.283. The molecule has 1 fully saturated rings. The number of hydrogen-bond acceptors (Lipinski definition) is 4. The molecule has 118 valence electrons. The second-order valence-corrected chi connectivity index (χ2v) is 6.06. The molecule has 0 amide bonds. The summed E-state index contributed by atoms with van der Waals surface area (Å²) < 4.78 is 6.88. The highest BCUT2D eigenvalue weighted by Gasteiger charge is 2.25. The van der Waals surface area contributed by atoms with Gasteiger partial charge in [-0.25, -0.2) is 4.79 Å². The molecule has 1 saturated heterocycles. The third-order valence-electron chi connectivity index (χ3n) is 4.65. The van der Waals surface area contributed by atoms with E-state index in [4.69, 9.17) is 4.74 Å². The highest BCUT2D eigenvalue weighted by atomic mass is 16.5. The van der Waals surface area contributed by atoms with E-state index in [1.807, 2.05) is 27.0 Å². The second-order valence-electron chi connectivity index (χ2n) is 6.06. The van der Waals surface area contributed by atoms with E-state index >= 15 is 0 Å². The molecule has 0 radical (unpaired) electrons. The Morgan fingerprint density at radius 2 is 2.29 bits per heavy atom. The fraction of sp³-hybridized carbons (Fsp3) is 0.688. The Hall–Kier alpha value is -1.33. The van der Waals surface area contributed by atoms with Gasteiger partial charge in [-0.2, -0.15) is 0 Å². The van der Waals surface area contributed by atoms with Crippen LogP contribution in [0.3, 0.4) is 0 Å². The number of esters is 1. The van der Waals surface area contributed by atoms with Gasteiger partial charge in [-0.3, -0.25) is 4.90 Å². The fourth-order valence-corrected chi connectivity index (χ4v) is 3.09. The van der Waals surface area contributed by atoms with Gasteiger partial charge >= 0.3 is 5.97 Å². The molecule has 1 N–H and O–H groups in total. The summed E-state index contributed by atoms with van der Waals surface area (Å²) in [4.78, 5) is 14.1. The monoisotopic (exact) mass is 294 g/mol. The van der Waals surface area contributed by atoms with E-state index in [9.17, 15) is 9.90 Å². The smallest absolute Gasteiger partial charge is 0.339 e. The van der Waals surface area contributed by atoms with Crippen LogP contribution < -0.4 is 0 Å². The van der Waals surface area contributed by atoms with Crippen LogP contribution in [0.25, 0.3) is 0 Å². The highest BCUT2D eigenvalue weighted by molar-refractivity contribution is 5.91. The number of likely N-dealkylation sites (tertiary alicyclic amines) is 1. The van der Waals surface area contributed by atoms with Crippen LogP contribution in [0.4, 0.5) is 0 Å². The number of aromatic nitrogens is 1. The van der Waals surface area contributed by atoms with Gasteiger partial charge in [0.25, 0.3) is 0 Å². The van der Waals surface area contributed by atoms with Crippen molar-refractivity contribution in [1.82, 2.24) is 9.47 Å². The molecular weight excluding hydrogens is 268 g/mol. The number of piperidine rings is 1. The number of aliphatic hydroxyl groups is 1. The minimum absolute atomic E-state index is 0.256. The molecule has 0 aliphatic carbocycles. The SMILES string of the molecule is COC(=O)c1cc(CN2CCC[C@@H]([C@@H](C)O)C2)n(C)c1C. The Labute approximate surface area is 126 Å². The Morgan fingerprint density at radius 1 is 1.57 bits per heavy atom. The molecule has 0 unspecified atom stereocenters. The third-order valence-corrected chi connectivity index (χ3v) is 4.65. The van der Waals surface area contributed by atoms with Crippen LogP contribution in [0.5, 0.6) is 0 Å². The Morgan fingerprint density at radius 3 is 2.90 bits per heavy atom. The van der Waals surface area contributed by atoms with Crippen molar-refractivity contribution in [2.45, 2.75) is 39.3 Å². The summed E-state index contributed by atoms with van der Waals surface area (Å²) in [6, 6.07) is 1.92. The largest absolute Gasteiger partial charge is 0.465 e. The number of carbonyl (C=O) groups excluding carboxylic acids is 1. The number of ether oxygens (including phenoxy) is 1. The average Bonchev–Trinajstić information content (AvgIpc) is 2.75. The number of rotatable bonds is 4. The number of aliphatic hydroxyl groups excluding tert-OH is 1. The first kappa shape index (κ1) is 16.0. The van der Waals surface area contributed by atoms with Crippen LogP contribution in [-0.4, -0.2) is 46.8 Å². The molecule has 5 nitrogen and oxygen atoms in total. The average molecular weight is 294 g/mol. The van der Waals surface area contributed by atoms with E-state index < -0.39 is 0 Å². The van der Waals surface area contributed by atoms with Gasteiger partial charge in [-0.05, 0) is 45.2 Å². The van der Waals surface area contributed by atoms with Crippen molar-refractivity contribution >= 4 is 5.97 Å². The first-order chi connectivity index (χ1) is 9.93. The molecule has 1 aliphatic rings. The van der Waals surface area contributed by atoms with Gasteiger partial charge in [0.1, 0.15) is 0 Å². The minimum Gasteiger partial charge on any atom is -0.465 e. The van der Waals surface area contributed by atoms with Crippen molar-refractivity contribution in [3.63, 3.8) is 0 Å². The quantitative estimate of drug-likeness (QED) is 0.859. The lowest BCUT2D eigenvalue weighted by molar-refractivity contribution is 0.0591. The topological polar surface area (TPSA) is 54.7 Å². The van der Waals surface area contributed by atoms with Gasteiger partial charge in [0.05, 0.1) is 18.8 Å². The molecule has 0 saturated carbocycles. The number of nitrogens with zero attached hydrogens (tertiary/aromatic N) is 2. The highest BCUT2D eigenvalue weighted by Crippen LogP contribution is 2.23. The van der Waals surface area contributed by atoms with Crippen molar-refractivity contribution in [3.05, 3.63) is 23.0 Å². The molecule has 1 aliphatic heterocycles. The number of hydrogen-bond donors (Lipinski definition) is 1. The summed E-state index contributed by atoms with van der Waals surface area (Å²) in [6.07, 6.45) is 1.95. The van der Waals surface area contributed by atoms with E-state index in [1.165, 1.54) is 7.11 Å². The van der Waals surface area contributed by atoms with Crippen molar-refractivity contribution in [1.29, 1.82) is 0 Å². The molecule has 5 heteroatoms. The zero-order chi connectivity index (χ0) is 15.6. The summed E-state index contributed by atoms with van der Waals surface area (Å²) in [5.41, 5.74) is 2.68. The van der Waals surface area contributed by atoms with Crippen LogP contribution >= 0.6 is 0 Å². The van der Waals surface area contributed by atoms with Gasteiger partial charge in [-0.1, -0.05) is 0 Å². The van der Waals surface area contributed by atoms with Gasteiger partial charge in [0, 0.05) is 31.5 Å². The lowest BCUT2D eigenvalue weighted by Crippen LogP contribution is -2.39. The lowest BCUT2D eigenvalue weighted by Gasteiger charge is -2.34. The first-order valence-electron chi connectivity index (χ1n) is 7.58. The summed E-state index contributed by atoms with van der Waals surface area (Å²) in [5.74, 6) is 0.0649. The van der Waals surface area contributed by atoms with Gasteiger partial charge in [0.15, 0.2) is 0 Å². The van der Waals surface area contributed by atoms with Crippen LogP contribution in [0.15, 0.2) is 6.07 Å². The van der Waals surface area contributed by atoms with E-state index in [0.717, 1.165) is 43.9 Å². The van der Waals surface area contributed by atoms with Crippen molar-refractivity contribution < 1.29 is 14.6 Å². The zero-order valence-corrected chi connectivity index (χ0v) is 13.4. The Balaban J connectivity index is 2.11. The standard InChI is InChI=1S/C16H26N2O3/c1-11-15(16(20)21-4)8-14(17(11)3)10-18-7-5-6-13(9-18)12(2)19/h8,12-13,19H,5-7,9-10H2,1-4H3/t12-,13-/m1/s1. The number of methoxy groups -OCH3 is 1.